The molecular weight excluding hydrogens is 440 g/mol. The Labute approximate surface area is 173 Å². The third kappa shape index (κ3) is 3.61. The van der Waals surface area contributed by atoms with E-state index in [4.69, 9.17) is 4.74 Å². The van der Waals surface area contributed by atoms with Crippen molar-refractivity contribution in [3.8, 4) is 11.3 Å². The largest absolute Gasteiger partial charge is 0.462 e. The van der Waals surface area contributed by atoms with Crippen molar-refractivity contribution in [2.24, 2.45) is 0 Å². The summed E-state index contributed by atoms with van der Waals surface area (Å²) >= 11 is 3.27. The van der Waals surface area contributed by atoms with Gasteiger partial charge in [0.2, 0.25) is 0 Å². The summed E-state index contributed by atoms with van der Waals surface area (Å²) in [5.74, 6) is -0.798. The molecule has 3 aromatic heterocycles. The number of amides is 1. The van der Waals surface area contributed by atoms with Crippen LogP contribution in [0.2, 0.25) is 0 Å². The number of nitrogens with one attached hydrogen (secondary N) is 2. The second-order valence-electron chi connectivity index (χ2n) is 5.97. The van der Waals surface area contributed by atoms with E-state index in [-0.39, 0.29) is 12.5 Å². The Morgan fingerprint density at radius 3 is 2.90 bits per heavy atom. The van der Waals surface area contributed by atoms with Crippen molar-refractivity contribution in [2.75, 3.05) is 11.9 Å². The van der Waals surface area contributed by atoms with Crippen LogP contribution in [0.25, 0.3) is 16.9 Å². The first kappa shape index (κ1) is 18.8. The summed E-state index contributed by atoms with van der Waals surface area (Å²) in [6, 6.07) is 9.05. The van der Waals surface area contributed by atoms with E-state index in [9.17, 15) is 9.59 Å². The van der Waals surface area contributed by atoms with Gasteiger partial charge in [-0.15, -0.1) is 0 Å². The molecule has 1 aromatic carbocycles. The molecule has 146 valence electrons. The van der Waals surface area contributed by atoms with Crippen molar-refractivity contribution in [3.63, 3.8) is 0 Å². The summed E-state index contributed by atoms with van der Waals surface area (Å²) in [5, 5.41) is 13.6. The van der Waals surface area contributed by atoms with Gasteiger partial charge in [-0.25, -0.2) is 14.3 Å². The molecule has 3 heterocycles. The molecule has 0 saturated carbocycles. The number of rotatable bonds is 5. The van der Waals surface area contributed by atoms with Gasteiger partial charge in [-0.1, -0.05) is 12.1 Å². The highest BCUT2D eigenvalue weighted by Crippen LogP contribution is 2.25. The minimum Gasteiger partial charge on any atom is -0.462 e. The van der Waals surface area contributed by atoms with Gasteiger partial charge in [-0.2, -0.15) is 10.2 Å². The number of hydrogen-bond acceptors (Lipinski definition) is 6. The summed E-state index contributed by atoms with van der Waals surface area (Å²) in [7, 11) is 0. The van der Waals surface area contributed by atoms with Crippen molar-refractivity contribution >= 4 is 39.1 Å². The molecule has 0 spiro atoms. The quantitative estimate of drug-likeness (QED) is 0.447. The molecule has 0 fully saturated rings. The van der Waals surface area contributed by atoms with Gasteiger partial charge < -0.3 is 10.1 Å². The lowest BCUT2D eigenvalue weighted by atomic mass is 10.1. The average Bonchev–Trinajstić information content (AvgIpc) is 3.34. The van der Waals surface area contributed by atoms with Crippen LogP contribution >= 0.6 is 15.9 Å². The molecule has 0 bridgehead atoms. The van der Waals surface area contributed by atoms with Gasteiger partial charge in [-0.3, -0.25) is 9.89 Å². The van der Waals surface area contributed by atoms with Crippen LogP contribution in [0.3, 0.4) is 0 Å². The minimum atomic E-state index is -0.474. The molecule has 0 saturated heterocycles. The topological polar surface area (TPSA) is 114 Å². The highest BCUT2D eigenvalue weighted by Gasteiger charge is 2.17. The number of anilines is 1. The fourth-order valence-corrected chi connectivity index (χ4v) is 3.21. The zero-order valence-electron chi connectivity index (χ0n) is 15.2. The summed E-state index contributed by atoms with van der Waals surface area (Å²) in [6.07, 6.45) is 4.55. The van der Waals surface area contributed by atoms with Crippen molar-refractivity contribution in [1.29, 1.82) is 0 Å². The molecule has 2 N–H and O–H groups in total. The van der Waals surface area contributed by atoms with Crippen molar-refractivity contribution in [2.45, 2.75) is 6.92 Å². The van der Waals surface area contributed by atoms with E-state index < -0.39 is 5.97 Å². The van der Waals surface area contributed by atoms with Gasteiger partial charge in [0, 0.05) is 17.4 Å². The second-order valence-corrected chi connectivity index (χ2v) is 6.83. The van der Waals surface area contributed by atoms with E-state index in [1.165, 1.54) is 12.4 Å². The van der Waals surface area contributed by atoms with E-state index in [0.29, 0.717) is 32.8 Å². The van der Waals surface area contributed by atoms with Crippen LogP contribution in [-0.4, -0.2) is 43.3 Å². The lowest BCUT2D eigenvalue weighted by Crippen LogP contribution is -2.13. The molecule has 9 nitrogen and oxygen atoms in total. The number of carbonyl (C=O) groups excluding carboxylic acids is 2. The Morgan fingerprint density at radius 1 is 1.28 bits per heavy atom. The van der Waals surface area contributed by atoms with Crippen LogP contribution in [0.4, 0.5) is 5.69 Å². The number of H-pyrrole nitrogens is 1. The van der Waals surface area contributed by atoms with Gasteiger partial charge in [0.15, 0.2) is 5.65 Å². The zero-order chi connectivity index (χ0) is 20.4. The Bertz CT molecular complexity index is 1220. The Balaban J connectivity index is 1.68. The SMILES string of the molecule is CCOC(=O)c1cnn2c(-c3cccc(NC(=O)c4[nH]ncc4Br)c3)ccnc12. The molecule has 10 heteroatoms. The van der Waals surface area contributed by atoms with Gasteiger partial charge in [-0.05, 0) is 41.1 Å². The predicted molar refractivity (Wildman–Crippen MR) is 109 cm³/mol. The fourth-order valence-electron chi connectivity index (χ4n) is 2.84. The fraction of sp³-hybridized carbons (Fsp3) is 0.105. The Hall–Kier alpha value is -3.53. The third-order valence-corrected chi connectivity index (χ3v) is 4.73. The molecular formula is C19H15BrN6O3. The minimum absolute atomic E-state index is 0.268. The first-order valence-corrected chi connectivity index (χ1v) is 9.48. The van der Waals surface area contributed by atoms with Crippen LogP contribution in [0, 0.1) is 0 Å². The normalized spacial score (nSPS) is 10.8. The lowest BCUT2D eigenvalue weighted by molar-refractivity contribution is 0.0528. The van der Waals surface area contributed by atoms with Crippen molar-refractivity contribution in [1.82, 2.24) is 24.8 Å². The third-order valence-electron chi connectivity index (χ3n) is 4.13. The maximum atomic E-state index is 12.4. The molecule has 4 aromatic rings. The Morgan fingerprint density at radius 2 is 2.14 bits per heavy atom. The van der Waals surface area contributed by atoms with Gasteiger partial charge in [0.25, 0.3) is 5.91 Å². The summed E-state index contributed by atoms with van der Waals surface area (Å²) in [5.41, 5.74) is 3.12. The maximum absolute atomic E-state index is 12.4. The number of halogens is 1. The first-order valence-electron chi connectivity index (χ1n) is 8.69. The van der Waals surface area contributed by atoms with Crippen LogP contribution in [0.15, 0.2) is 53.4 Å². The van der Waals surface area contributed by atoms with Crippen molar-refractivity contribution < 1.29 is 14.3 Å². The zero-order valence-corrected chi connectivity index (χ0v) is 16.8. The number of carbonyl (C=O) groups is 2. The van der Waals surface area contributed by atoms with Gasteiger partial charge in [0.05, 0.1) is 29.2 Å². The average molecular weight is 455 g/mol. The number of aromatic nitrogens is 5. The number of fused-ring (bicyclic) bond motifs is 1. The standard InChI is InChI=1S/C19H15BrN6O3/c1-2-29-19(28)13-9-23-26-15(6-7-21-17(13)26)11-4-3-5-12(8-11)24-18(27)16-14(20)10-22-25-16/h3-10H,2H2,1H3,(H,22,25)(H,24,27). The van der Waals surface area contributed by atoms with Gasteiger partial charge in [0.1, 0.15) is 11.3 Å². The second kappa shape index (κ2) is 7.84. The molecule has 0 unspecified atom stereocenters. The van der Waals surface area contributed by atoms with E-state index in [1.54, 1.807) is 29.8 Å². The van der Waals surface area contributed by atoms with Crippen LogP contribution in [0.5, 0.6) is 0 Å². The molecule has 0 aliphatic carbocycles. The highest BCUT2D eigenvalue weighted by molar-refractivity contribution is 9.10. The molecule has 0 aliphatic rings. The predicted octanol–water partition coefficient (Wildman–Crippen LogP) is 3.31. The van der Waals surface area contributed by atoms with E-state index in [1.807, 2.05) is 18.2 Å². The number of hydrogen-bond donors (Lipinski definition) is 2. The number of ether oxygens (including phenoxy) is 1. The van der Waals surface area contributed by atoms with Crippen LogP contribution in [-0.2, 0) is 4.74 Å². The molecule has 1 amide bonds. The highest BCUT2D eigenvalue weighted by atomic mass is 79.9. The molecule has 4 rings (SSSR count). The van der Waals surface area contributed by atoms with E-state index >= 15 is 0 Å². The van der Waals surface area contributed by atoms with E-state index in [2.05, 4.69) is 41.5 Å². The van der Waals surface area contributed by atoms with Gasteiger partial charge >= 0.3 is 5.97 Å². The molecule has 29 heavy (non-hydrogen) atoms. The van der Waals surface area contributed by atoms with Crippen molar-refractivity contribution in [3.05, 3.63) is 64.7 Å². The van der Waals surface area contributed by atoms with Crippen LogP contribution < -0.4 is 5.32 Å². The summed E-state index contributed by atoms with van der Waals surface area (Å²) in [6.45, 7) is 2.01. The first-order chi connectivity index (χ1) is 14.1. The smallest absolute Gasteiger partial charge is 0.343 e. The van der Waals surface area contributed by atoms with Crippen LogP contribution in [0.1, 0.15) is 27.8 Å². The molecule has 0 aliphatic heterocycles. The number of nitrogens with zero attached hydrogens (tertiary/aromatic N) is 4. The monoisotopic (exact) mass is 454 g/mol. The summed E-state index contributed by atoms with van der Waals surface area (Å²) < 4.78 is 7.20. The Kier molecular flexibility index (Phi) is 5.09. The number of esters is 1. The lowest BCUT2D eigenvalue weighted by Gasteiger charge is -2.09. The summed E-state index contributed by atoms with van der Waals surface area (Å²) in [4.78, 5) is 28.8. The molecule has 0 radical (unpaired) electrons. The number of aromatic amines is 1. The van der Waals surface area contributed by atoms with E-state index in [0.717, 1.165) is 5.56 Å². The molecule has 0 atom stereocenters. The maximum Gasteiger partial charge on any atom is 0.343 e. The number of benzene rings is 1.